The van der Waals surface area contributed by atoms with E-state index in [0.717, 1.165) is 46.6 Å². The average Bonchev–Trinajstić information content (AvgIpc) is 3.02. The smallest absolute Gasteiger partial charge is 0.358 e. The van der Waals surface area contributed by atoms with Gasteiger partial charge in [-0.1, -0.05) is 78.3 Å². The Morgan fingerprint density at radius 2 is 0.893 bits per heavy atom. The largest absolute Gasteiger partial charge is 4.00 e. The second-order valence-corrected chi connectivity index (χ2v) is 15.7. The van der Waals surface area contributed by atoms with E-state index in [4.69, 9.17) is 0 Å². The molecule has 0 aromatic carbocycles. The molecule has 4 rings (SSSR count). The van der Waals surface area contributed by atoms with Crippen LogP contribution in [0.4, 0.5) is 0 Å². The van der Waals surface area contributed by atoms with Crippen molar-refractivity contribution in [1.82, 2.24) is 0 Å². The fraction of sp³-hybridized carbons (Fsp3) is 0.846. The Balaban J connectivity index is 0. The van der Waals surface area contributed by atoms with Gasteiger partial charge in [-0.3, -0.25) is 0 Å². The van der Waals surface area contributed by atoms with Crippen LogP contribution in [0.5, 0.6) is 0 Å². The van der Waals surface area contributed by atoms with Crippen molar-refractivity contribution < 1.29 is 26.2 Å². The SMILES string of the molecule is CC1CC2CCCCC2C1[Si](C)(C)C1C(C)CC2CCCCC21.[CH3-].[CH3-].[CH3-].[CH3-].[Zr+4]. The maximum absolute atomic E-state index is 2.85. The zero-order chi connectivity index (χ0) is 16.2. The molecule has 4 saturated carbocycles. The first kappa shape index (κ1) is 31.3. The standard InChI is InChI=1S/C22H40Si.4CH3.Zr/c1-15-13-17-9-5-7-11-19(17)21(15)23(3,4)22-16(2)14-18-10-6-8-12-20(18)22;;;;;/h15-22H,5-14H2,1-4H3;4*1H3;/q;4*-1;+4. The van der Waals surface area contributed by atoms with Crippen molar-refractivity contribution in [2.24, 2.45) is 35.5 Å². The summed E-state index contributed by atoms with van der Waals surface area (Å²) in [7, 11) is -1.18. The Bertz CT molecular complexity index is 396. The molecule has 28 heavy (non-hydrogen) atoms. The molecule has 2 heteroatoms. The van der Waals surface area contributed by atoms with E-state index < -0.39 is 8.07 Å². The number of hydrogen-bond donors (Lipinski definition) is 0. The van der Waals surface area contributed by atoms with Gasteiger partial charge in [0.25, 0.3) is 0 Å². The molecule has 4 fully saturated rings. The van der Waals surface area contributed by atoms with E-state index >= 15 is 0 Å². The summed E-state index contributed by atoms with van der Waals surface area (Å²) < 4.78 is 0. The van der Waals surface area contributed by atoms with Gasteiger partial charge in [-0.05, 0) is 59.4 Å². The van der Waals surface area contributed by atoms with Gasteiger partial charge in [0.2, 0.25) is 0 Å². The summed E-state index contributed by atoms with van der Waals surface area (Å²) in [4.78, 5) is 0. The first-order valence-corrected chi connectivity index (χ1v) is 14.2. The van der Waals surface area contributed by atoms with Crippen LogP contribution in [0.1, 0.15) is 78.1 Å². The van der Waals surface area contributed by atoms with E-state index in [-0.39, 0.29) is 55.9 Å². The first-order chi connectivity index (χ1) is 11.0. The molecule has 0 N–H and O–H groups in total. The fourth-order valence-electron chi connectivity index (χ4n) is 8.89. The number of fused-ring (bicyclic) bond motifs is 2. The fourth-order valence-corrected chi connectivity index (χ4v) is 15.6. The quantitative estimate of drug-likeness (QED) is 0.271. The Labute approximate surface area is 200 Å². The molecule has 0 radical (unpaired) electrons. The minimum Gasteiger partial charge on any atom is -0.358 e. The summed E-state index contributed by atoms with van der Waals surface area (Å²) >= 11 is 0. The second kappa shape index (κ2) is 12.2. The van der Waals surface area contributed by atoms with Crippen molar-refractivity contribution in [3.63, 3.8) is 0 Å². The van der Waals surface area contributed by atoms with E-state index in [1.165, 1.54) is 12.8 Å². The third-order valence-corrected chi connectivity index (χ3v) is 14.6. The van der Waals surface area contributed by atoms with Gasteiger partial charge in [0.1, 0.15) is 0 Å². The van der Waals surface area contributed by atoms with Crippen LogP contribution < -0.4 is 0 Å². The van der Waals surface area contributed by atoms with Crippen molar-refractivity contribution in [3.05, 3.63) is 29.7 Å². The zero-order valence-corrected chi connectivity index (χ0v) is 24.1. The van der Waals surface area contributed by atoms with Crippen LogP contribution in [0, 0.1) is 65.2 Å². The van der Waals surface area contributed by atoms with Crippen LogP contribution in [0.25, 0.3) is 0 Å². The molecule has 0 heterocycles. The normalized spacial score (nSPS) is 41.6. The molecule has 0 aliphatic heterocycles. The summed E-state index contributed by atoms with van der Waals surface area (Å²) in [6, 6.07) is 0. The van der Waals surface area contributed by atoms with Gasteiger partial charge >= 0.3 is 26.2 Å². The molecule has 8 unspecified atom stereocenters. The predicted octanol–water partition coefficient (Wildman–Crippen LogP) is 8.93. The van der Waals surface area contributed by atoms with Gasteiger partial charge in [-0.25, -0.2) is 0 Å². The maximum Gasteiger partial charge on any atom is 4.00 e. The van der Waals surface area contributed by atoms with Gasteiger partial charge in [-0.15, -0.1) is 0 Å². The van der Waals surface area contributed by atoms with E-state index in [0.29, 0.717) is 0 Å². The predicted molar refractivity (Wildman–Crippen MR) is 129 cm³/mol. The second-order valence-electron chi connectivity index (χ2n) is 10.7. The van der Waals surface area contributed by atoms with Crippen LogP contribution in [-0.2, 0) is 26.2 Å². The topological polar surface area (TPSA) is 0 Å². The van der Waals surface area contributed by atoms with Gasteiger partial charge in [0.05, 0.1) is 8.07 Å². The molecule has 4 aliphatic rings. The summed E-state index contributed by atoms with van der Waals surface area (Å²) in [5.41, 5.74) is 2.31. The third kappa shape index (κ3) is 5.29. The molecule has 164 valence electrons. The Morgan fingerprint density at radius 1 is 0.571 bits per heavy atom. The van der Waals surface area contributed by atoms with Gasteiger partial charge in [0.15, 0.2) is 0 Å². The van der Waals surface area contributed by atoms with Crippen molar-refractivity contribution >= 4 is 8.07 Å². The van der Waals surface area contributed by atoms with E-state index in [9.17, 15) is 0 Å². The van der Waals surface area contributed by atoms with Gasteiger partial charge in [0, 0.05) is 0 Å². The van der Waals surface area contributed by atoms with Crippen molar-refractivity contribution in [2.45, 2.75) is 102 Å². The average molecular weight is 484 g/mol. The molecule has 8 atom stereocenters. The minimum atomic E-state index is -1.18. The summed E-state index contributed by atoms with van der Waals surface area (Å²) in [5.74, 6) is 6.59. The van der Waals surface area contributed by atoms with E-state index in [1.54, 1.807) is 51.4 Å². The number of hydrogen-bond acceptors (Lipinski definition) is 0. The van der Waals surface area contributed by atoms with E-state index in [1.807, 2.05) is 0 Å². The summed E-state index contributed by atoms with van der Waals surface area (Å²) in [6.45, 7) is 11.0. The molecule has 0 saturated heterocycles. The van der Waals surface area contributed by atoms with Crippen LogP contribution in [0.3, 0.4) is 0 Å². The van der Waals surface area contributed by atoms with Crippen molar-refractivity contribution in [3.8, 4) is 0 Å². The molecule has 0 aromatic rings. The van der Waals surface area contributed by atoms with Crippen molar-refractivity contribution in [2.75, 3.05) is 0 Å². The number of rotatable bonds is 2. The Kier molecular flexibility index (Phi) is 13.7. The molecule has 0 aromatic heterocycles. The minimum absolute atomic E-state index is 0. The monoisotopic (exact) mass is 482 g/mol. The van der Waals surface area contributed by atoms with Crippen LogP contribution in [0.15, 0.2) is 0 Å². The molecule has 4 aliphatic carbocycles. The Hall–Kier alpha value is 1.10. The molecule has 0 amide bonds. The molecule has 0 nitrogen and oxygen atoms in total. The van der Waals surface area contributed by atoms with Crippen LogP contribution in [-0.4, -0.2) is 8.07 Å². The van der Waals surface area contributed by atoms with Gasteiger partial charge < -0.3 is 29.7 Å². The Morgan fingerprint density at radius 3 is 1.25 bits per heavy atom. The van der Waals surface area contributed by atoms with Crippen LogP contribution in [0.2, 0.25) is 24.2 Å². The van der Waals surface area contributed by atoms with E-state index in [2.05, 4.69) is 26.9 Å². The summed E-state index contributed by atoms with van der Waals surface area (Å²) in [6.07, 6.45) is 15.6. The molecular formula is C26H52SiZr. The summed E-state index contributed by atoms with van der Waals surface area (Å²) in [5, 5.41) is 0. The van der Waals surface area contributed by atoms with Crippen molar-refractivity contribution in [1.29, 1.82) is 0 Å². The molecular weight excluding hydrogens is 432 g/mol. The third-order valence-electron chi connectivity index (χ3n) is 9.15. The van der Waals surface area contributed by atoms with Crippen LogP contribution >= 0.6 is 0 Å². The first-order valence-electron chi connectivity index (χ1n) is 11.0. The van der Waals surface area contributed by atoms with Gasteiger partial charge in [-0.2, -0.15) is 0 Å². The molecule has 0 bridgehead atoms. The maximum atomic E-state index is 2.85. The zero-order valence-electron chi connectivity index (χ0n) is 20.7. The molecule has 0 spiro atoms.